The summed E-state index contributed by atoms with van der Waals surface area (Å²) in [7, 11) is -0.0376. The van der Waals surface area contributed by atoms with Gasteiger partial charge in [-0.1, -0.05) is 38.5 Å². The Hall–Kier alpha value is 0.137. The molecule has 3 rings (SSSR count). The van der Waals surface area contributed by atoms with Crippen molar-refractivity contribution in [3.8, 4) is 0 Å². The van der Waals surface area contributed by atoms with Crippen LogP contribution in [0, 0.1) is 0 Å². The second kappa shape index (κ2) is 5.41. The molecule has 0 aromatic rings. The molecule has 2 saturated carbocycles. The maximum absolute atomic E-state index is 2.91. The van der Waals surface area contributed by atoms with Crippen molar-refractivity contribution >= 4 is 9.84 Å². The molecule has 0 radical (unpaired) electrons. The van der Waals surface area contributed by atoms with Crippen LogP contribution in [0.5, 0.6) is 0 Å². The molecular formula is C14H28N2Si. The molecule has 3 fully saturated rings. The van der Waals surface area contributed by atoms with E-state index >= 15 is 0 Å². The zero-order chi connectivity index (χ0) is 11.7. The Bertz CT molecular complexity index is 223. The van der Waals surface area contributed by atoms with E-state index in [1.807, 2.05) is 0 Å². The van der Waals surface area contributed by atoms with Gasteiger partial charge in [-0.2, -0.15) is 0 Å². The predicted molar refractivity (Wildman–Crippen MR) is 75.4 cm³/mol. The number of hydrogen-bond donors (Lipinski definition) is 0. The summed E-state index contributed by atoms with van der Waals surface area (Å²) >= 11 is 0. The van der Waals surface area contributed by atoms with Gasteiger partial charge in [-0.25, -0.2) is 0 Å². The summed E-state index contributed by atoms with van der Waals surface area (Å²) in [6.45, 7) is 2.47. The van der Waals surface area contributed by atoms with E-state index in [2.05, 4.69) is 16.1 Å². The van der Waals surface area contributed by atoms with Crippen LogP contribution < -0.4 is 0 Å². The minimum Gasteiger partial charge on any atom is -0.299 e. The first-order valence-electron chi connectivity index (χ1n) is 7.88. The average molecular weight is 252 g/mol. The van der Waals surface area contributed by atoms with E-state index in [0.29, 0.717) is 0 Å². The third-order valence-electron chi connectivity index (χ3n) is 5.37. The van der Waals surface area contributed by atoms with E-state index in [1.54, 1.807) is 0 Å². The molecule has 3 heteroatoms. The summed E-state index contributed by atoms with van der Waals surface area (Å²) < 4.78 is 5.82. The zero-order valence-electron chi connectivity index (χ0n) is 11.4. The molecule has 0 aromatic carbocycles. The van der Waals surface area contributed by atoms with Gasteiger partial charge in [-0.3, -0.25) is 9.13 Å². The Labute approximate surface area is 109 Å². The molecule has 1 aliphatic heterocycles. The zero-order valence-corrected chi connectivity index (χ0v) is 12.8. The van der Waals surface area contributed by atoms with Crippen LogP contribution in [0.2, 0.25) is 0 Å². The molecule has 0 N–H and O–H groups in total. The molecule has 0 aromatic heterocycles. The molecule has 0 bridgehead atoms. The molecule has 17 heavy (non-hydrogen) atoms. The molecule has 3 aliphatic rings. The van der Waals surface area contributed by atoms with Crippen LogP contribution >= 0.6 is 0 Å². The second-order valence-electron chi connectivity index (χ2n) is 6.39. The van der Waals surface area contributed by atoms with Crippen molar-refractivity contribution in [1.29, 1.82) is 0 Å². The fraction of sp³-hybridized carbons (Fsp3) is 1.00. The second-order valence-corrected chi connectivity index (χ2v) is 8.13. The van der Waals surface area contributed by atoms with Gasteiger partial charge in [0.1, 0.15) is 0 Å². The van der Waals surface area contributed by atoms with Crippen molar-refractivity contribution in [2.45, 2.75) is 89.4 Å². The van der Waals surface area contributed by atoms with E-state index in [1.165, 1.54) is 64.2 Å². The summed E-state index contributed by atoms with van der Waals surface area (Å²) in [4.78, 5) is 0. The van der Waals surface area contributed by atoms with Crippen LogP contribution in [0.1, 0.15) is 71.1 Å². The quantitative estimate of drug-likeness (QED) is 0.697. The Morgan fingerprint density at radius 1 is 0.706 bits per heavy atom. The minimum atomic E-state index is -0.0376. The number of hydrogen-bond acceptors (Lipinski definition) is 2. The summed E-state index contributed by atoms with van der Waals surface area (Å²) in [5, 5.41) is 0. The molecular weight excluding hydrogens is 224 g/mol. The van der Waals surface area contributed by atoms with Crippen LogP contribution in [-0.4, -0.2) is 37.2 Å². The first-order valence-corrected chi connectivity index (χ1v) is 9.14. The third kappa shape index (κ3) is 2.47. The first-order chi connectivity index (χ1) is 8.36. The summed E-state index contributed by atoms with van der Waals surface area (Å²) in [5.41, 5.74) is 0. The lowest BCUT2D eigenvalue weighted by Crippen LogP contribution is -2.71. The lowest BCUT2D eigenvalue weighted by molar-refractivity contribution is 0.0206. The molecule has 0 spiro atoms. The Kier molecular flexibility index (Phi) is 3.88. The van der Waals surface area contributed by atoms with E-state index in [9.17, 15) is 0 Å². The topological polar surface area (TPSA) is 6.48 Å². The van der Waals surface area contributed by atoms with Crippen LogP contribution in [0.4, 0.5) is 0 Å². The van der Waals surface area contributed by atoms with Crippen molar-refractivity contribution < 1.29 is 0 Å². The van der Waals surface area contributed by atoms with Crippen molar-refractivity contribution in [3.05, 3.63) is 0 Å². The highest BCUT2D eigenvalue weighted by Crippen LogP contribution is 2.33. The molecule has 0 atom stereocenters. The standard InChI is InChI=1S/C14H28N2Si/c1-12-15(13-8-4-2-5-9-13)17-16(12)14-10-6-3-7-11-14/h12-14H,2-11,17H2,1H3. The molecule has 2 aliphatic carbocycles. The van der Waals surface area contributed by atoms with Gasteiger partial charge in [-0.05, 0) is 32.6 Å². The van der Waals surface area contributed by atoms with E-state index in [0.717, 1.165) is 18.2 Å². The van der Waals surface area contributed by atoms with Gasteiger partial charge in [0.05, 0.1) is 0 Å². The lowest BCUT2D eigenvalue weighted by atomic mass is 9.94. The van der Waals surface area contributed by atoms with Crippen LogP contribution in [0.15, 0.2) is 0 Å². The van der Waals surface area contributed by atoms with Gasteiger partial charge < -0.3 is 0 Å². The molecule has 1 heterocycles. The largest absolute Gasteiger partial charge is 0.299 e. The molecule has 2 nitrogen and oxygen atoms in total. The van der Waals surface area contributed by atoms with Gasteiger partial charge in [0.25, 0.3) is 0 Å². The van der Waals surface area contributed by atoms with Gasteiger partial charge in [0.15, 0.2) is 9.84 Å². The van der Waals surface area contributed by atoms with Crippen molar-refractivity contribution in [2.75, 3.05) is 0 Å². The van der Waals surface area contributed by atoms with Crippen molar-refractivity contribution in [2.24, 2.45) is 0 Å². The summed E-state index contributed by atoms with van der Waals surface area (Å²) in [5.74, 6) is 0. The molecule has 0 unspecified atom stereocenters. The number of rotatable bonds is 2. The van der Waals surface area contributed by atoms with Gasteiger partial charge in [0, 0.05) is 18.2 Å². The maximum atomic E-state index is 2.91. The van der Waals surface area contributed by atoms with Gasteiger partial charge in [0.2, 0.25) is 0 Å². The highest BCUT2D eigenvalue weighted by Gasteiger charge is 2.41. The molecule has 0 amide bonds. The van der Waals surface area contributed by atoms with Gasteiger partial charge >= 0.3 is 0 Å². The summed E-state index contributed by atoms with van der Waals surface area (Å²) in [6, 6.07) is 1.95. The molecule has 1 saturated heterocycles. The number of nitrogens with zero attached hydrogens (tertiary/aromatic N) is 2. The average Bonchev–Trinajstić information content (AvgIpc) is 2.40. The van der Waals surface area contributed by atoms with Crippen molar-refractivity contribution in [1.82, 2.24) is 9.13 Å². The Morgan fingerprint density at radius 2 is 1.12 bits per heavy atom. The monoisotopic (exact) mass is 252 g/mol. The molecule has 98 valence electrons. The minimum absolute atomic E-state index is 0.0376. The van der Waals surface area contributed by atoms with Crippen LogP contribution in [-0.2, 0) is 0 Å². The fourth-order valence-corrected chi connectivity index (χ4v) is 6.34. The normalized spacial score (nSPS) is 36.2. The van der Waals surface area contributed by atoms with Crippen LogP contribution in [0.3, 0.4) is 0 Å². The Balaban J connectivity index is 1.51. The SMILES string of the molecule is CC1N(C2CCCCC2)[SiH2]N1C1CCCCC1. The predicted octanol–water partition coefficient (Wildman–Crippen LogP) is 2.61. The van der Waals surface area contributed by atoms with E-state index in [-0.39, 0.29) is 9.84 Å². The van der Waals surface area contributed by atoms with E-state index < -0.39 is 0 Å². The van der Waals surface area contributed by atoms with Gasteiger partial charge in [-0.15, -0.1) is 0 Å². The van der Waals surface area contributed by atoms with Crippen molar-refractivity contribution in [3.63, 3.8) is 0 Å². The highest BCUT2D eigenvalue weighted by molar-refractivity contribution is 6.32. The smallest absolute Gasteiger partial charge is 0.175 e. The Morgan fingerprint density at radius 3 is 1.47 bits per heavy atom. The first kappa shape index (κ1) is 12.2. The summed E-state index contributed by atoms with van der Waals surface area (Å²) in [6.07, 6.45) is 15.7. The fourth-order valence-electron chi connectivity index (χ4n) is 4.19. The van der Waals surface area contributed by atoms with E-state index in [4.69, 9.17) is 0 Å². The van der Waals surface area contributed by atoms with Crippen LogP contribution in [0.25, 0.3) is 0 Å². The lowest BCUT2D eigenvalue weighted by Gasteiger charge is -2.57. The highest BCUT2D eigenvalue weighted by atomic mass is 28.2. The maximum Gasteiger partial charge on any atom is 0.175 e. The third-order valence-corrected chi connectivity index (χ3v) is 8.12.